The first-order valence-corrected chi connectivity index (χ1v) is 15.1. The zero-order chi connectivity index (χ0) is 25.8. The number of hydrogen-bond donors (Lipinski definition) is 5. The van der Waals surface area contributed by atoms with E-state index in [1.807, 2.05) is 0 Å². The molecule has 9 heteroatoms. The van der Waals surface area contributed by atoms with Crippen LogP contribution in [0.3, 0.4) is 0 Å². The van der Waals surface area contributed by atoms with E-state index in [4.69, 9.17) is 4.55 Å². The number of rotatable bonds is 7. The van der Waals surface area contributed by atoms with Crippen LogP contribution in [0.2, 0.25) is 0 Å². The molecule has 4 aliphatic carbocycles. The van der Waals surface area contributed by atoms with Crippen molar-refractivity contribution < 1.29 is 33.1 Å². The van der Waals surface area contributed by atoms with Crippen molar-refractivity contribution in [3.8, 4) is 0 Å². The van der Waals surface area contributed by atoms with Crippen molar-refractivity contribution in [1.29, 1.82) is 0 Å². The molecule has 35 heavy (non-hydrogen) atoms. The monoisotopic (exact) mass is 515 g/mol. The van der Waals surface area contributed by atoms with E-state index < -0.39 is 28.1 Å². The Balaban J connectivity index is 1.43. The minimum absolute atomic E-state index is 0.0509. The molecule has 11 atom stereocenters. The minimum Gasteiger partial charge on any atom is -0.393 e. The molecule has 0 radical (unpaired) electrons. The number of aliphatic hydroxyl groups excluding tert-OH is 3. The van der Waals surface area contributed by atoms with Crippen LogP contribution in [0, 0.1) is 46.3 Å². The van der Waals surface area contributed by atoms with Crippen molar-refractivity contribution in [2.45, 2.75) is 96.9 Å². The average Bonchev–Trinajstić information content (AvgIpc) is 3.12. The second kappa shape index (κ2) is 9.86. The molecule has 202 valence electrons. The van der Waals surface area contributed by atoms with Crippen LogP contribution in [0.1, 0.15) is 78.6 Å². The quantitative estimate of drug-likeness (QED) is 0.327. The van der Waals surface area contributed by atoms with Crippen LogP contribution in [-0.4, -0.2) is 64.8 Å². The SMILES string of the molecule is C[C@H](CCC(=O)NCCS(=O)(=O)O)[C@H]1CC[C@@H]2[C@H]3[C@H](O)C[C@H]4C[C@H](O)CC[C@]4(C)[C@@H]3C[C@H](O)[C@@]21C. The summed E-state index contributed by atoms with van der Waals surface area (Å²) in [6.07, 6.45) is 5.67. The van der Waals surface area contributed by atoms with E-state index in [1.54, 1.807) is 0 Å². The highest BCUT2D eigenvalue weighted by atomic mass is 32.2. The minimum atomic E-state index is -4.10. The number of nitrogens with one attached hydrogen (secondary N) is 1. The van der Waals surface area contributed by atoms with Crippen LogP contribution in [0.15, 0.2) is 0 Å². The fourth-order valence-corrected chi connectivity index (χ4v) is 9.46. The van der Waals surface area contributed by atoms with Crippen LogP contribution in [0.4, 0.5) is 0 Å². The Bertz CT molecular complexity index is 896. The maximum atomic E-state index is 12.2. The zero-order valence-corrected chi connectivity index (χ0v) is 22.2. The van der Waals surface area contributed by atoms with Gasteiger partial charge < -0.3 is 20.6 Å². The van der Waals surface area contributed by atoms with Crippen molar-refractivity contribution >= 4 is 16.0 Å². The Morgan fingerprint density at radius 2 is 1.77 bits per heavy atom. The van der Waals surface area contributed by atoms with E-state index >= 15 is 0 Å². The molecule has 0 aromatic carbocycles. The second-order valence-corrected chi connectivity index (χ2v) is 14.2. The largest absolute Gasteiger partial charge is 0.393 e. The smallest absolute Gasteiger partial charge is 0.266 e. The summed E-state index contributed by atoms with van der Waals surface area (Å²) in [5, 5.41) is 35.8. The molecule has 0 aromatic rings. The second-order valence-electron chi connectivity index (χ2n) is 12.7. The summed E-state index contributed by atoms with van der Waals surface area (Å²) in [6.45, 7) is 6.56. The van der Waals surface area contributed by atoms with Crippen molar-refractivity contribution in [3.63, 3.8) is 0 Å². The molecular formula is C26H45NO7S. The molecule has 1 amide bonds. The van der Waals surface area contributed by atoms with Gasteiger partial charge in [-0.05, 0) is 97.7 Å². The number of carbonyl (C=O) groups excluding carboxylic acids is 1. The molecule has 4 saturated carbocycles. The number of carbonyl (C=O) groups is 1. The van der Waals surface area contributed by atoms with Crippen molar-refractivity contribution in [2.75, 3.05) is 12.3 Å². The first-order valence-electron chi connectivity index (χ1n) is 13.5. The third-order valence-electron chi connectivity index (χ3n) is 11.0. The van der Waals surface area contributed by atoms with Crippen molar-refractivity contribution in [2.24, 2.45) is 46.3 Å². The van der Waals surface area contributed by atoms with Crippen LogP contribution in [0.25, 0.3) is 0 Å². The van der Waals surface area contributed by atoms with Gasteiger partial charge in [0.2, 0.25) is 5.91 Å². The molecule has 0 saturated heterocycles. The molecule has 4 aliphatic rings. The van der Waals surface area contributed by atoms with Crippen LogP contribution in [0.5, 0.6) is 0 Å². The summed E-state index contributed by atoms with van der Waals surface area (Å²) in [7, 11) is -4.10. The molecule has 0 aromatic heterocycles. The summed E-state index contributed by atoms with van der Waals surface area (Å²) >= 11 is 0. The van der Waals surface area contributed by atoms with E-state index in [-0.39, 0.29) is 65.4 Å². The maximum Gasteiger partial charge on any atom is 0.266 e. The van der Waals surface area contributed by atoms with Gasteiger partial charge in [0.15, 0.2) is 0 Å². The Morgan fingerprint density at radius 1 is 1.06 bits per heavy atom. The highest BCUT2D eigenvalue weighted by Gasteiger charge is 2.65. The van der Waals surface area contributed by atoms with Crippen LogP contribution in [-0.2, 0) is 14.9 Å². The fourth-order valence-electron chi connectivity index (χ4n) is 9.10. The first kappa shape index (κ1) is 27.3. The molecule has 4 rings (SSSR count). The highest BCUT2D eigenvalue weighted by Crippen LogP contribution is 2.68. The van der Waals surface area contributed by atoms with Gasteiger partial charge in [0.25, 0.3) is 10.1 Å². The van der Waals surface area contributed by atoms with Crippen molar-refractivity contribution in [3.05, 3.63) is 0 Å². The van der Waals surface area contributed by atoms with Crippen LogP contribution < -0.4 is 5.32 Å². The normalized spacial score (nSPS) is 46.3. The van der Waals surface area contributed by atoms with Gasteiger partial charge in [-0.2, -0.15) is 8.42 Å². The van der Waals surface area contributed by atoms with Gasteiger partial charge in [-0.15, -0.1) is 0 Å². The molecule has 0 aliphatic heterocycles. The number of amides is 1. The molecule has 4 fully saturated rings. The lowest BCUT2D eigenvalue weighted by molar-refractivity contribution is -0.207. The van der Waals surface area contributed by atoms with Crippen molar-refractivity contribution in [1.82, 2.24) is 5.32 Å². The van der Waals surface area contributed by atoms with Gasteiger partial charge in [-0.1, -0.05) is 20.8 Å². The Kier molecular flexibility index (Phi) is 7.69. The highest BCUT2D eigenvalue weighted by molar-refractivity contribution is 7.85. The molecule has 0 unspecified atom stereocenters. The van der Waals surface area contributed by atoms with Gasteiger partial charge in [0, 0.05) is 13.0 Å². The van der Waals surface area contributed by atoms with E-state index in [0.717, 1.165) is 38.5 Å². The first-order chi connectivity index (χ1) is 16.3. The average molecular weight is 516 g/mol. The lowest BCUT2D eigenvalue weighted by atomic mass is 9.43. The number of aliphatic hydroxyl groups is 3. The summed E-state index contributed by atoms with van der Waals surface area (Å²) < 4.78 is 30.5. The topological polar surface area (TPSA) is 144 Å². The van der Waals surface area contributed by atoms with Gasteiger partial charge in [-0.3, -0.25) is 9.35 Å². The summed E-state index contributed by atoms with van der Waals surface area (Å²) in [5.74, 6) is 0.705. The molecule has 0 spiro atoms. The molecule has 0 bridgehead atoms. The summed E-state index contributed by atoms with van der Waals surface area (Å²) in [5.41, 5.74) is -0.254. The zero-order valence-electron chi connectivity index (χ0n) is 21.4. The Hall–Kier alpha value is -0.740. The predicted molar refractivity (Wildman–Crippen MR) is 132 cm³/mol. The van der Waals surface area contributed by atoms with Gasteiger partial charge in [-0.25, -0.2) is 0 Å². The van der Waals surface area contributed by atoms with Crippen LogP contribution >= 0.6 is 0 Å². The molecule has 0 heterocycles. The van der Waals surface area contributed by atoms with E-state index in [2.05, 4.69) is 26.1 Å². The van der Waals surface area contributed by atoms with Gasteiger partial charge in [0.1, 0.15) is 0 Å². The van der Waals surface area contributed by atoms with E-state index in [1.165, 1.54) is 0 Å². The predicted octanol–water partition coefficient (Wildman–Crippen LogP) is 2.37. The Labute approximate surface area is 210 Å². The third-order valence-corrected chi connectivity index (χ3v) is 11.7. The fraction of sp³-hybridized carbons (Fsp3) is 0.962. The lowest BCUT2D eigenvalue weighted by Gasteiger charge is -2.63. The summed E-state index contributed by atoms with van der Waals surface area (Å²) in [4.78, 5) is 12.2. The standard InChI is InChI=1S/C26H45NO7S/c1-15(4-7-23(31)27-10-11-35(32,33)34)18-5-6-19-24-20(14-22(30)26(18,19)3)25(2)9-8-17(28)12-16(25)13-21(24)29/h15-22,24,28-30H,4-14H2,1-3H3,(H,27,31)(H,32,33,34)/t15-,16-,17-,18-,19-,20-,21-,22+,24-,25+,26-/m1/s1. The summed E-state index contributed by atoms with van der Waals surface area (Å²) in [6, 6.07) is 0. The molecule has 5 N–H and O–H groups in total. The maximum absolute atomic E-state index is 12.2. The van der Waals surface area contributed by atoms with E-state index in [0.29, 0.717) is 18.8 Å². The van der Waals surface area contributed by atoms with E-state index in [9.17, 15) is 28.5 Å². The van der Waals surface area contributed by atoms with Gasteiger partial charge >= 0.3 is 0 Å². The lowest BCUT2D eigenvalue weighted by Crippen LogP contribution is -2.62. The third kappa shape index (κ3) is 5.05. The molecular weight excluding hydrogens is 470 g/mol. The molecule has 8 nitrogen and oxygen atoms in total. The number of fused-ring (bicyclic) bond motifs is 5. The number of hydrogen-bond acceptors (Lipinski definition) is 6. The Morgan fingerprint density at radius 3 is 2.46 bits per heavy atom. The van der Waals surface area contributed by atoms with Gasteiger partial charge in [0.05, 0.1) is 24.1 Å².